The zero-order chi connectivity index (χ0) is 21.7. The fourth-order valence-corrected chi connectivity index (χ4v) is 3.55. The number of para-hydroxylation sites is 1. The van der Waals surface area contributed by atoms with E-state index < -0.39 is 5.97 Å². The molecule has 1 aliphatic heterocycles. The van der Waals surface area contributed by atoms with Crippen molar-refractivity contribution in [2.24, 2.45) is 0 Å². The molecule has 1 N–H and O–H groups in total. The Morgan fingerprint density at radius 2 is 1.47 bits per heavy atom. The number of benzene rings is 2. The zero-order valence-corrected chi connectivity index (χ0v) is 17.6. The van der Waals surface area contributed by atoms with Crippen LogP contribution in [0.1, 0.15) is 31.8 Å². The topological polar surface area (TPSA) is 79.0 Å². The predicted octanol–water partition coefficient (Wildman–Crippen LogP) is 2.49. The van der Waals surface area contributed by atoms with E-state index in [1.165, 1.54) is 7.11 Å². The molecule has 1 fully saturated rings. The van der Waals surface area contributed by atoms with Crippen molar-refractivity contribution in [3.05, 3.63) is 64.7 Å². The molecule has 0 unspecified atom stereocenters. The van der Waals surface area contributed by atoms with Crippen LogP contribution in [0.4, 0.5) is 5.69 Å². The number of rotatable bonds is 5. The molecular formula is C23H27N3O4. The van der Waals surface area contributed by atoms with Crippen LogP contribution in [0, 0.1) is 13.8 Å². The summed E-state index contributed by atoms with van der Waals surface area (Å²) in [6.07, 6.45) is 0. The van der Waals surface area contributed by atoms with Crippen LogP contribution in [0.25, 0.3) is 0 Å². The highest BCUT2D eigenvalue weighted by molar-refractivity contribution is 5.96. The number of anilines is 1. The van der Waals surface area contributed by atoms with Gasteiger partial charge in [-0.1, -0.05) is 18.2 Å². The summed E-state index contributed by atoms with van der Waals surface area (Å²) < 4.78 is 4.67. The van der Waals surface area contributed by atoms with E-state index in [2.05, 4.69) is 10.1 Å². The van der Waals surface area contributed by atoms with Crippen LogP contribution < -0.4 is 5.32 Å². The maximum absolute atomic E-state index is 12.7. The van der Waals surface area contributed by atoms with Crippen LogP contribution in [0.15, 0.2) is 42.5 Å². The number of nitrogens with zero attached hydrogens (tertiary/aromatic N) is 2. The molecule has 1 heterocycles. The van der Waals surface area contributed by atoms with Gasteiger partial charge in [0, 0.05) is 37.4 Å². The summed E-state index contributed by atoms with van der Waals surface area (Å²) in [5.41, 5.74) is 3.89. The van der Waals surface area contributed by atoms with Gasteiger partial charge in [-0.15, -0.1) is 0 Å². The fraction of sp³-hybridized carbons (Fsp3) is 0.348. The molecule has 0 bridgehead atoms. The number of ether oxygens (including phenoxy) is 1. The van der Waals surface area contributed by atoms with Crippen LogP contribution in [0.5, 0.6) is 0 Å². The highest BCUT2D eigenvalue weighted by atomic mass is 16.5. The number of methoxy groups -OCH3 is 1. The van der Waals surface area contributed by atoms with Gasteiger partial charge in [0.15, 0.2) is 0 Å². The summed E-state index contributed by atoms with van der Waals surface area (Å²) in [6.45, 7) is 6.61. The highest BCUT2D eigenvalue weighted by Crippen LogP contribution is 2.19. The molecule has 1 aliphatic rings. The van der Waals surface area contributed by atoms with Crippen molar-refractivity contribution >= 4 is 23.5 Å². The Hall–Kier alpha value is -3.19. The van der Waals surface area contributed by atoms with E-state index in [0.29, 0.717) is 43.9 Å². The number of amides is 2. The van der Waals surface area contributed by atoms with Crippen molar-refractivity contribution in [2.45, 2.75) is 13.8 Å². The monoisotopic (exact) mass is 409 g/mol. The summed E-state index contributed by atoms with van der Waals surface area (Å²) in [6, 6.07) is 12.4. The van der Waals surface area contributed by atoms with Gasteiger partial charge in [0.1, 0.15) is 0 Å². The molecule has 30 heavy (non-hydrogen) atoms. The average Bonchev–Trinajstić information content (AvgIpc) is 2.76. The minimum atomic E-state index is -0.429. The molecule has 7 heteroatoms. The van der Waals surface area contributed by atoms with Crippen molar-refractivity contribution < 1.29 is 19.1 Å². The third-order valence-electron chi connectivity index (χ3n) is 5.33. The van der Waals surface area contributed by atoms with Crippen LogP contribution >= 0.6 is 0 Å². The molecule has 0 aromatic heterocycles. The number of carbonyl (C=O) groups is 3. The minimum absolute atomic E-state index is 0.0504. The second kappa shape index (κ2) is 9.54. The van der Waals surface area contributed by atoms with Gasteiger partial charge in [0.2, 0.25) is 5.91 Å². The lowest BCUT2D eigenvalue weighted by Gasteiger charge is -2.34. The Labute approximate surface area is 176 Å². The SMILES string of the molecule is COC(=O)c1ccc(C(=O)N2CCN(CC(=O)Nc3c(C)cccc3C)CC2)cc1. The van der Waals surface area contributed by atoms with E-state index in [1.807, 2.05) is 36.9 Å². The first-order valence-electron chi connectivity index (χ1n) is 9.95. The van der Waals surface area contributed by atoms with Gasteiger partial charge >= 0.3 is 5.97 Å². The maximum atomic E-state index is 12.7. The van der Waals surface area contributed by atoms with E-state index >= 15 is 0 Å². The van der Waals surface area contributed by atoms with Gasteiger partial charge in [0.05, 0.1) is 19.2 Å². The third-order valence-corrected chi connectivity index (χ3v) is 5.33. The van der Waals surface area contributed by atoms with Crippen molar-refractivity contribution in [3.63, 3.8) is 0 Å². The molecule has 2 aromatic rings. The van der Waals surface area contributed by atoms with Gasteiger partial charge in [-0.05, 0) is 49.2 Å². The molecule has 0 saturated carbocycles. The molecule has 0 aliphatic carbocycles. The van der Waals surface area contributed by atoms with Gasteiger partial charge in [-0.2, -0.15) is 0 Å². The number of nitrogens with one attached hydrogen (secondary N) is 1. The number of hydrogen-bond acceptors (Lipinski definition) is 5. The minimum Gasteiger partial charge on any atom is -0.465 e. The molecule has 0 radical (unpaired) electrons. The summed E-state index contributed by atoms with van der Waals surface area (Å²) >= 11 is 0. The second-order valence-corrected chi connectivity index (χ2v) is 7.45. The maximum Gasteiger partial charge on any atom is 0.337 e. The average molecular weight is 409 g/mol. The number of carbonyl (C=O) groups excluding carboxylic acids is 3. The molecule has 3 rings (SSSR count). The van der Waals surface area contributed by atoms with Crippen molar-refractivity contribution in [3.8, 4) is 0 Å². The first-order valence-corrected chi connectivity index (χ1v) is 9.95. The third kappa shape index (κ3) is 5.04. The molecule has 158 valence electrons. The van der Waals surface area contributed by atoms with Crippen molar-refractivity contribution in [1.82, 2.24) is 9.80 Å². The largest absolute Gasteiger partial charge is 0.465 e. The smallest absolute Gasteiger partial charge is 0.337 e. The number of piperazine rings is 1. The summed E-state index contributed by atoms with van der Waals surface area (Å²) in [5, 5.41) is 3.01. The van der Waals surface area contributed by atoms with Gasteiger partial charge in [-0.3, -0.25) is 14.5 Å². The van der Waals surface area contributed by atoms with E-state index in [9.17, 15) is 14.4 Å². The quantitative estimate of drug-likeness (QED) is 0.768. The fourth-order valence-electron chi connectivity index (χ4n) is 3.55. The van der Waals surface area contributed by atoms with Gasteiger partial charge < -0.3 is 15.0 Å². The van der Waals surface area contributed by atoms with E-state index in [-0.39, 0.29) is 11.8 Å². The second-order valence-electron chi connectivity index (χ2n) is 7.45. The number of aryl methyl sites for hydroxylation is 2. The normalized spacial score (nSPS) is 14.3. The van der Waals surface area contributed by atoms with E-state index in [4.69, 9.17) is 0 Å². The highest BCUT2D eigenvalue weighted by Gasteiger charge is 2.23. The standard InChI is InChI=1S/C23H27N3O4/c1-16-5-4-6-17(2)21(16)24-20(27)15-25-11-13-26(14-12-25)22(28)18-7-9-19(10-8-18)23(29)30-3/h4-10H,11-15H2,1-3H3,(H,24,27). The number of esters is 1. The van der Waals surface area contributed by atoms with Crippen LogP contribution in [0.3, 0.4) is 0 Å². The Balaban J connectivity index is 1.51. The Morgan fingerprint density at radius 3 is 2.03 bits per heavy atom. The lowest BCUT2D eigenvalue weighted by Crippen LogP contribution is -2.50. The van der Waals surface area contributed by atoms with Gasteiger partial charge in [0.25, 0.3) is 5.91 Å². The summed E-state index contributed by atoms with van der Waals surface area (Å²) in [7, 11) is 1.32. The van der Waals surface area contributed by atoms with Crippen LogP contribution in [0.2, 0.25) is 0 Å². The van der Waals surface area contributed by atoms with Crippen molar-refractivity contribution in [2.75, 3.05) is 45.2 Å². The van der Waals surface area contributed by atoms with E-state index in [1.54, 1.807) is 29.2 Å². The molecule has 2 amide bonds. The molecule has 1 saturated heterocycles. The first-order chi connectivity index (χ1) is 14.4. The predicted molar refractivity (Wildman–Crippen MR) is 115 cm³/mol. The van der Waals surface area contributed by atoms with Crippen molar-refractivity contribution in [1.29, 1.82) is 0 Å². The number of hydrogen-bond donors (Lipinski definition) is 1. The van der Waals surface area contributed by atoms with Crippen LogP contribution in [-0.2, 0) is 9.53 Å². The summed E-state index contributed by atoms with van der Waals surface area (Å²) in [5.74, 6) is -0.557. The molecule has 2 aromatic carbocycles. The molecular weight excluding hydrogens is 382 g/mol. The molecule has 0 atom stereocenters. The first kappa shape index (κ1) is 21.5. The Morgan fingerprint density at radius 1 is 0.900 bits per heavy atom. The molecule has 0 spiro atoms. The lowest BCUT2D eigenvalue weighted by atomic mass is 10.1. The lowest BCUT2D eigenvalue weighted by molar-refractivity contribution is -0.117. The van der Waals surface area contributed by atoms with E-state index in [0.717, 1.165) is 16.8 Å². The van der Waals surface area contributed by atoms with Gasteiger partial charge in [-0.25, -0.2) is 4.79 Å². The summed E-state index contributed by atoms with van der Waals surface area (Å²) in [4.78, 5) is 40.5. The zero-order valence-electron chi connectivity index (χ0n) is 17.6. The van der Waals surface area contributed by atoms with Crippen LogP contribution in [-0.4, -0.2) is 67.4 Å². The Kier molecular flexibility index (Phi) is 6.84. The Bertz CT molecular complexity index is 912. The molecule has 7 nitrogen and oxygen atoms in total.